The minimum atomic E-state index is -4.10. The zero-order valence-electron chi connectivity index (χ0n) is 17.9. The Kier molecular flexibility index (Phi) is 6.05. The van der Waals surface area contributed by atoms with Crippen LogP contribution >= 0.6 is 11.3 Å². The van der Waals surface area contributed by atoms with Crippen LogP contribution in [0.3, 0.4) is 0 Å². The summed E-state index contributed by atoms with van der Waals surface area (Å²) in [4.78, 5) is 13.2. The molecule has 0 aliphatic rings. The van der Waals surface area contributed by atoms with Gasteiger partial charge in [0.25, 0.3) is 0 Å². The Balaban J connectivity index is 1.91. The van der Waals surface area contributed by atoms with Gasteiger partial charge >= 0.3 is 0 Å². The number of sulfone groups is 1. The number of para-hydroxylation sites is 1. The smallest absolute Gasteiger partial charge is 0.211 e. The number of thiophene rings is 1. The highest BCUT2D eigenvalue weighted by Gasteiger charge is 2.32. The number of nitrogen functional groups attached to an aromatic ring is 1. The number of hydrogen-bond donors (Lipinski definition) is 2. The molecule has 0 saturated heterocycles. The van der Waals surface area contributed by atoms with Crippen LogP contribution in [-0.4, -0.2) is 14.2 Å². The Bertz CT molecular complexity index is 1460. The fourth-order valence-electron chi connectivity index (χ4n) is 3.54. The van der Waals surface area contributed by atoms with Crippen LogP contribution in [0.1, 0.15) is 26.4 Å². The van der Waals surface area contributed by atoms with Crippen molar-refractivity contribution in [1.29, 1.82) is 0 Å². The molecule has 0 radical (unpaired) electrons. The van der Waals surface area contributed by atoms with Crippen molar-refractivity contribution in [2.24, 2.45) is 0 Å². The lowest BCUT2D eigenvalue weighted by Crippen LogP contribution is -2.09. The van der Waals surface area contributed by atoms with E-state index in [-0.39, 0.29) is 36.8 Å². The van der Waals surface area contributed by atoms with Gasteiger partial charge in [0.15, 0.2) is 0 Å². The standard InChI is InChI=1S/C25H21FN2O3S2/c1-15-12-13-18(16(2)14-15)22(29)23-21(27)24(33(30,31)17-8-4-3-5-9-17)25(32-23)28-20-11-7-6-10-19(20)26/h3-14,28H,27H2,1-2H3. The minimum absolute atomic E-state index is 0.0246. The van der Waals surface area contributed by atoms with Gasteiger partial charge in [0, 0.05) is 5.56 Å². The van der Waals surface area contributed by atoms with Gasteiger partial charge < -0.3 is 11.1 Å². The molecule has 4 aromatic rings. The van der Waals surface area contributed by atoms with Gasteiger partial charge in [-0.2, -0.15) is 0 Å². The zero-order valence-corrected chi connectivity index (χ0v) is 19.6. The SMILES string of the molecule is Cc1ccc(C(=O)c2sc(Nc3ccccc3F)c(S(=O)(=O)c3ccccc3)c2N)c(C)c1. The van der Waals surface area contributed by atoms with E-state index in [1.54, 1.807) is 30.3 Å². The number of rotatable bonds is 6. The van der Waals surface area contributed by atoms with Crippen LogP contribution in [0.2, 0.25) is 0 Å². The molecule has 8 heteroatoms. The molecule has 4 rings (SSSR count). The lowest BCUT2D eigenvalue weighted by atomic mass is 10.0. The number of anilines is 3. The number of ketones is 1. The van der Waals surface area contributed by atoms with E-state index in [9.17, 15) is 17.6 Å². The van der Waals surface area contributed by atoms with Crippen LogP contribution < -0.4 is 11.1 Å². The van der Waals surface area contributed by atoms with Gasteiger partial charge in [0.05, 0.1) is 16.3 Å². The molecule has 5 nitrogen and oxygen atoms in total. The van der Waals surface area contributed by atoms with Gasteiger partial charge in [-0.15, -0.1) is 11.3 Å². The van der Waals surface area contributed by atoms with Crippen molar-refractivity contribution in [3.8, 4) is 0 Å². The minimum Gasteiger partial charge on any atom is -0.396 e. The Morgan fingerprint density at radius 1 is 0.970 bits per heavy atom. The molecule has 3 aromatic carbocycles. The second-order valence-corrected chi connectivity index (χ2v) is 10.5. The maximum Gasteiger partial charge on any atom is 0.211 e. The quantitative estimate of drug-likeness (QED) is 0.336. The summed E-state index contributed by atoms with van der Waals surface area (Å²) in [5.41, 5.74) is 8.41. The van der Waals surface area contributed by atoms with E-state index in [1.165, 1.54) is 30.3 Å². The molecule has 1 heterocycles. The highest BCUT2D eigenvalue weighted by molar-refractivity contribution is 7.92. The predicted octanol–water partition coefficient (Wildman–Crippen LogP) is 5.89. The van der Waals surface area contributed by atoms with Crippen molar-refractivity contribution in [3.63, 3.8) is 0 Å². The van der Waals surface area contributed by atoms with Crippen LogP contribution in [0.25, 0.3) is 0 Å². The van der Waals surface area contributed by atoms with Gasteiger partial charge in [0.1, 0.15) is 20.6 Å². The average Bonchev–Trinajstić information content (AvgIpc) is 3.12. The number of benzene rings is 3. The summed E-state index contributed by atoms with van der Waals surface area (Å²) in [5.74, 6) is -0.948. The molecule has 0 spiro atoms. The Hall–Kier alpha value is -3.49. The van der Waals surface area contributed by atoms with Crippen molar-refractivity contribution in [2.75, 3.05) is 11.1 Å². The highest BCUT2D eigenvalue weighted by Crippen LogP contribution is 2.44. The molecule has 1 aromatic heterocycles. The molecule has 0 aliphatic carbocycles. The molecular weight excluding hydrogens is 459 g/mol. The largest absolute Gasteiger partial charge is 0.396 e. The van der Waals surface area contributed by atoms with Gasteiger partial charge in [-0.05, 0) is 43.7 Å². The fourth-order valence-corrected chi connectivity index (χ4v) is 6.48. The average molecular weight is 481 g/mol. The van der Waals surface area contributed by atoms with Crippen molar-refractivity contribution in [3.05, 3.63) is 100 Å². The second kappa shape index (κ2) is 8.80. The summed E-state index contributed by atoms with van der Waals surface area (Å²) in [6.45, 7) is 3.73. The lowest BCUT2D eigenvalue weighted by Gasteiger charge is -2.10. The normalized spacial score (nSPS) is 11.4. The third-order valence-corrected chi connectivity index (χ3v) is 8.28. The number of nitrogens with two attached hydrogens (primary N) is 1. The molecule has 0 bridgehead atoms. The van der Waals surface area contributed by atoms with Crippen LogP contribution in [0.4, 0.5) is 20.8 Å². The van der Waals surface area contributed by atoms with E-state index in [4.69, 9.17) is 5.73 Å². The summed E-state index contributed by atoms with van der Waals surface area (Å²) in [6.07, 6.45) is 0. The summed E-state index contributed by atoms with van der Waals surface area (Å²) < 4.78 is 41.4. The monoisotopic (exact) mass is 480 g/mol. The molecule has 0 unspecified atom stereocenters. The van der Waals surface area contributed by atoms with E-state index in [1.807, 2.05) is 26.0 Å². The number of aryl methyl sites for hydroxylation is 2. The maximum absolute atomic E-state index is 14.3. The van der Waals surface area contributed by atoms with E-state index in [0.29, 0.717) is 5.56 Å². The second-order valence-electron chi connectivity index (χ2n) is 7.57. The number of nitrogens with one attached hydrogen (secondary N) is 1. The molecule has 33 heavy (non-hydrogen) atoms. The van der Waals surface area contributed by atoms with Crippen molar-refractivity contribution < 1.29 is 17.6 Å². The summed E-state index contributed by atoms with van der Waals surface area (Å²) in [5, 5.41) is 2.92. The maximum atomic E-state index is 14.3. The van der Waals surface area contributed by atoms with E-state index in [0.717, 1.165) is 22.5 Å². The number of carbonyl (C=O) groups excluding carboxylic acids is 1. The fraction of sp³-hybridized carbons (Fsp3) is 0.0800. The molecule has 0 saturated carbocycles. The Morgan fingerprint density at radius 2 is 1.64 bits per heavy atom. The summed E-state index contributed by atoms with van der Waals surface area (Å²) >= 11 is 0.896. The molecule has 0 aliphatic heterocycles. The van der Waals surface area contributed by atoms with Crippen LogP contribution in [0, 0.1) is 19.7 Å². The van der Waals surface area contributed by atoms with Crippen LogP contribution in [-0.2, 0) is 9.84 Å². The zero-order chi connectivity index (χ0) is 23.8. The van der Waals surface area contributed by atoms with E-state index >= 15 is 0 Å². The Labute approximate surface area is 195 Å². The number of hydrogen-bond acceptors (Lipinski definition) is 6. The first-order valence-corrected chi connectivity index (χ1v) is 12.4. The van der Waals surface area contributed by atoms with E-state index < -0.39 is 15.7 Å². The van der Waals surface area contributed by atoms with Gasteiger partial charge in [-0.25, -0.2) is 12.8 Å². The number of halogens is 1. The first-order chi connectivity index (χ1) is 15.7. The predicted molar refractivity (Wildman–Crippen MR) is 130 cm³/mol. The van der Waals surface area contributed by atoms with Crippen molar-refractivity contribution in [2.45, 2.75) is 23.6 Å². The first-order valence-electron chi connectivity index (χ1n) is 10.1. The topological polar surface area (TPSA) is 89.3 Å². The lowest BCUT2D eigenvalue weighted by molar-refractivity contribution is 0.104. The third-order valence-electron chi connectivity index (χ3n) is 5.18. The molecule has 168 valence electrons. The van der Waals surface area contributed by atoms with Crippen LogP contribution in [0.15, 0.2) is 82.6 Å². The van der Waals surface area contributed by atoms with Crippen molar-refractivity contribution in [1.82, 2.24) is 0 Å². The van der Waals surface area contributed by atoms with Crippen molar-refractivity contribution >= 4 is 43.3 Å². The third kappa shape index (κ3) is 4.27. The van der Waals surface area contributed by atoms with Gasteiger partial charge in [0.2, 0.25) is 15.6 Å². The number of carbonyl (C=O) groups is 1. The highest BCUT2D eigenvalue weighted by atomic mass is 32.2. The molecule has 3 N–H and O–H groups in total. The van der Waals surface area contributed by atoms with Gasteiger partial charge in [-0.3, -0.25) is 4.79 Å². The molecule has 0 fully saturated rings. The first kappa shape index (κ1) is 22.7. The molecular formula is C25H21FN2O3S2. The van der Waals surface area contributed by atoms with Gasteiger partial charge in [-0.1, -0.05) is 54.1 Å². The Morgan fingerprint density at radius 3 is 2.30 bits per heavy atom. The molecule has 0 atom stereocenters. The van der Waals surface area contributed by atoms with E-state index in [2.05, 4.69) is 5.32 Å². The summed E-state index contributed by atoms with van der Waals surface area (Å²) in [6, 6.07) is 19.1. The van der Waals surface area contributed by atoms with Crippen LogP contribution in [0.5, 0.6) is 0 Å². The molecule has 0 amide bonds. The summed E-state index contributed by atoms with van der Waals surface area (Å²) in [7, 11) is -4.10.